The molecule has 0 aliphatic carbocycles. The van der Waals surface area contributed by atoms with Crippen molar-refractivity contribution in [3.05, 3.63) is 59.7 Å². The minimum Gasteiger partial charge on any atom is -0.485 e. The highest BCUT2D eigenvalue weighted by Gasteiger charge is 2.21. The van der Waals surface area contributed by atoms with Gasteiger partial charge in [0.25, 0.3) is 5.91 Å². The van der Waals surface area contributed by atoms with E-state index in [9.17, 15) is 14.4 Å². The average Bonchev–Trinajstić information content (AvgIpc) is 2.59. The molecular formula is C20H22N2O4. The van der Waals surface area contributed by atoms with Gasteiger partial charge in [0, 0.05) is 16.7 Å². The monoisotopic (exact) mass is 354 g/mol. The number of Topliss-reactive ketones (excluding diaryl/α,β-unsaturated/α-hetero) is 1. The maximum atomic E-state index is 12.3. The molecule has 0 saturated heterocycles. The number of hydrogen-bond donors (Lipinski definition) is 2. The van der Waals surface area contributed by atoms with E-state index in [1.54, 1.807) is 42.5 Å². The van der Waals surface area contributed by atoms with Crippen molar-refractivity contribution in [3.63, 3.8) is 0 Å². The Hall–Kier alpha value is -3.15. The summed E-state index contributed by atoms with van der Waals surface area (Å²) in [4.78, 5) is 35.6. The molecular weight excluding hydrogens is 332 g/mol. The first-order valence-electron chi connectivity index (χ1n) is 8.15. The molecule has 0 unspecified atom stereocenters. The van der Waals surface area contributed by atoms with Gasteiger partial charge in [-0.3, -0.25) is 14.4 Å². The van der Waals surface area contributed by atoms with Gasteiger partial charge in [0.05, 0.1) is 5.56 Å². The Labute approximate surface area is 152 Å². The highest BCUT2D eigenvalue weighted by atomic mass is 16.5. The van der Waals surface area contributed by atoms with E-state index in [0.717, 1.165) is 0 Å². The van der Waals surface area contributed by atoms with Crippen molar-refractivity contribution in [2.45, 2.75) is 20.8 Å². The number of nitrogens with one attached hydrogen (secondary N) is 1. The Morgan fingerprint density at radius 1 is 1.00 bits per heavy atom. The molecule has 0 fully saturated rings. The Bertz CT molecular complexity index is 820. The third-order valence-electron chi connectivity index (χ3n) is 3.66. The molecule has 26 heavy (non-hydrogen) atoms. The minimum atomic E-state index is -0.619. The van der Waals surface area contributed by atoms with Gasteiger partial charge in [-0.1, -0.05) is 32.9 Å². The third-order valence-corrected chi connectivity index (χ3v) is 3.66. The molecule has 136 valence electrons. The summed E-state index contributed by atoms with van der Waals surface area (Å²) in [5, 5.41) is 2.79. The molecule has 0 atom stereocenters. The summed E-state index contributed by atoms with van der Waals surface area (Å²) < 4.78 is 5.43. The normalized spacial score (nSPS) is 10.9. The SMILES string of the molecule is CC(C)(C)C(=O)Nc1ccc(C(=O)COc2ccccc2C(N)=O)cc1. The fraction of sp³-hybridized carbons (Fsp3) is 0.250. The Balaban J connectivity index is 2.01. The van der Waals surface area contributed by atoms with Crippen LogP contribution in [0.4, 0.5) is 5.69 Å². The first kappa shape index (κ1) is 19.2. The second-order valence-electron chi connectivity index (χ2n) is 6.85. The molecule has 3 N–H and O–H groups in total. The first-order chi connectivity index (χ1) is 12.2. The van der Waals surface area contributed by atoms with E-state index in [4.69, 9.17) is 10.5 Å². The molecule has 0 saturated carbocycles. The highest BCUT2D eigenvalue weighted by molar-refractivity contribution is 5.99. The largest absolute Gasteiger partial charge is 0.485 e. The van der Waals surface area contributed by atoms with Gasteiger partial charge in [0.15, 0.2) is 12.4 Å². The van der Waals surface area contributed by atoms with Crippen molar-refractivity contribution in [3.8, 4) is 5.75 Å². The molecule has 2 rings (SSSR count). The number of nitrogens with two attached hydrogens (primary N) is 1. The van der Waals surface area contributed by atoms with Crippen molar-refractivity contribution in [1.29, 1.82) is 0 Å². The zero-order valence-corrected chi connectivity index (χ0v) is 15.0. The van der Waals surface area contributed by atoms with Crippen LogP contribution in [0.5, 0.6) is 5.75 Å². The lowest BCUT2D eigenvalue weighted by atomic mass is 9.95. The topological polar surface area (TPSA) is 98.5 Å². The van der Waals surface area contributed by atoms with Gasteiger partial charge < -0.3 is 15.8 Å². The summed E-state index contributed by atoms with van der Waals surface area (Å²) in [6, 6.07) is 13.0. The molecule has 2 aromatic carbocycles. The molecule has 0 spiro atoms. The smallest absolute Gasteiger partial charge is 0.252 e. The van der Waals surface area contributed by atoms with Crippen LogP contribution >= 0.6 is 0 Å². The predicted molar refractivity (Wildman–Crippen MR) is 99.3 cm³/mol. The number of rotatable bonds is 6. The second kappa shape index (κ2) is 7.82. The zero-order valence-electron chi connectivity index (χ0n) is 15.0. The number of amides is 2. The van der Waals surface area contributed by atoms with Crippen molar-refractivity contribution in [2.24, 2.45) is 11.1 Å². The van der Waals surface area contributed by atoms with Crippen LogP contribution < -0.4 is 15.8 Å². The molecule has 0 aliphatic rings. The van der Waals surface area contributed by atoms with E-state index >= 15 is 0 Å². The lowest BCUT2D eigenvalue weighted by Gasteiger charge is -2.17. The number of carbonyl (C=O) groups is 3. The fourth-order valence-corrected chi connectivity index (χ4v) is 2.08. The Morgan fingerprint density at radius 2 is 1.62 bits per heavy atom. The van der Waals surface area contributed by atoms with Gasteiger partial charge >= 0.3 is 0 Å². The van der Waals surface area contributed by atoms with E-state index in [-0.39, 0.29) is 29.6 Å². The Kier molecular flexibility index (Phi) is 5.77. The molecule has 0 aromatic heterocycles. The van der Waals surface area contributed by atoms with Crippen LogP contribution in [0.15, 0.2) is 48.5 Å². The van der Waals surface area contributed by atoms with Crippen LogP contribution in [0.25, 0.3) is 0 Å². The van der Waals surface area contributed by atoms with Gasteiger partial charge in [-0.05, 0) is 36.4 Å². The number of ketones is 1. The number of anilines is 1. The van der Waals surface area contributed by atoms with E-state index in [1.807, 2.05) is 20.8 Å². The average molecular weight is 354 g/mol. The lowest BCUT2D eigenvalue weighted by molar-refractivity contribution is -0.123. The van der Waals surface area contributed by atoms with Crippen molar-refractivity contribution in [1.82, 2.24) is 0 Å². The molecule has 0 aliphatic heterocycles. The number of benzene rings is 2. The minimum absolute atomic E-state index is 0.108. The van der Waals surface area contributed by atoms with Crippen molar-refractivity contribution < 1.29 is 19.1 Å². The number of hydrogen-bond acceptors (Lipinski definition) is 4. The van der Waals surface area contributed by atoms with Gasteiger partial charge in [-0.25, -0.2) is 0 Å². The number of para-hydroxylation sites is 1. The predicted octanol–water partition coefficient (Wildman–Crippen LogP) is 3.03. The number of carbonyl (C=O) groups excluding carboxylic acids is 3. The lowest BCUT2D eigenvalue weighted by Crippen LogP contribution is -2.27. The maximum absolute atomic E-state index is 12.3. The summed E-state index contributed by atoms with van der Waals surface area (Å²) in [5.41, 5.74) is 6.05. The molecule has 0 bridgehead atoms. The van der Waals surface area contributed by atoms with Crippen LogP contribution in [-0.2, 0) is 4.79 Å². The van der Waals surface area contributed by atoms with Crippen LogP contribution in [0.2, 0.25) is 0 Å². The summed E-state index contributed by atoms with van der Waals surface area (Å²) in [6.45, 7) is 5.24. The zero-order chi connectivity index (χ0) is 19.3. The molecule has 2 aromatic rings. The quantitative estimate of drug-likeness (QED) is 0.779. The van der Waals surface area contributed by atoms with Gasteiger partial charge in [-0.15, -0.1) is 0 Å². The van der Waals surface area contributed by atoms with Crippen LogP contribution in [-0.4, -0.2) is 24.2 Å². The fourth-order valence-electron chi connectivity index (χ4n) is 2.08. The molecule has 0 radical (unpaired) electrons. The molecule has 6 nitrogen and oxygen atoms in total. The van der Waals surface area contributed by atoms with E-state index < -0.39 is 11.3 Å². The number of ether oxygens (including phenoxy) is 1. The molecule has 2 amide bonds. The third kappa shape index (κ3) is 4.92. The van der Waals surface area contributed by atoms with Crippen LogP contribution in [0.3, 0.4) is 0 Å². The summed E-state index contributed by atoms with van der Waals surface area (Å²) >= 11 is 0. The van der Waals surface area contributed by atoms with Crippen LogP contribution in [0, 0.1) is 5.41 Å². The molecule has 6 heteroatoms. The first-order valence-corrected chi connectivity index (χ1v) is 8.15. The van der Waals surface area contributed by atoms with Gasteiger partial charge in [-0.2, -0.15) is 0 Å². The second-order valence-corrected chi connectivity index (χ2v) is 6.85. The summed E-state index contributed by atoms with van der Waals surface area (Å²) in [6.07, 6.45) is 0. The van der Waals surface area contributed by atoms with Gasteiger partial charge in [0.2, 0.25) is 5.91 Å². The Morgan fingerprint density at radius 3 is 2.19 bits per heavy atom. The standard InChI is InChI=1S/C20H22N2O4/c1-20(2,3)19(25)22-14-10-8-13(9-11-14)16(23)12-26-17-7-5-4-6-15(17)18(21)24/h4-11H,12H2,1-3H3,(H2,21,24)(H,22,25). The van der Waals surface area contributed by atoms with E-state index in [1.165, 1.54) is 6.07 Å². The maximum Gasteiger partial charge on any atom is 0.252 e. The van der Waals surface area contributed by atoms with E-state index in [2.05, 4.69) is 5.32 Å². The highest BCUT2D eigenvalue weighted by Crippen LogP contribution is 2.19. The van der Waals surface area contributed by atoms with E-state index in [0.29, 0.717) is 11.3 Å². The summed E-state index contributed by atoms with van der Waals surface area (Å²) in [7, 11) is 0. The van der Waals surface area contributed by atoms with Crippen molar-refractivity contribution in [2.75, 3.05) is 11.9 Å². The summed E-state index contributed by atoms with van der Waals surface area (Å²) in [5.74, 6) is -0.713. The van der Waals surface area contributed by atoms with Crippen molar-refractivity contribution >= 4 is 23.3 Å². The van der Waals surface area contributed by atoms with Gasteiger partial charge in [0.1, 0.15) is 5.75 Å². The molecule has 0 heterocycles. The van der Waals surface area contributed by atoms with Crippen LogP contribution in [0.1, 0.15) is 41.5 Å². The number of primary amides is 1.